The van der Waals surface area contributed by atoms with Gasteiger partial charge in [0.1, 0.15) is 0 Å². The molecule has 0 rings (SSSR count). The van der Waals surface area contributed by atoms with Gasteiger partial charge in [0.25, 0.3) is 0 Å². The van der Waals surface area contributed by atoms with Crippen LogP contribution in [0, 0.1) is 0 Å². The molecule has 0 aromatic rings. The summed E-state index contributed by atoms with van der Waals surface area (Å²) in [6.45, 7) is 5.34. The Balaban J connectivity index is 3.12. The van der Waals surface area contributed by atoms with Crippen LogP contribution in [0.3, 0.4) is 0 Å². The summed E-state index contributed by atoms with van der Waals surface area (Å²) in [4.78, 5) is 10.3. The maximum atomic E-state index is 11.3. The summed E-state index contributed by atoms with van der Waals surface area (Å²) >= 11 is 0. The van der Waals surface area contributed by atoms with E-state index in [4.69, 9.17) is 19.3 Å². The Labute approximate surface area is 123 Å². The van der Waals surface area contributed by atoms with Gasteiger partial charge in [-0.15, -0.1) is 0 Å². The zero-order chi connectivity index (χ0) is 15.1. The quantitative estimate of drug-likeness (QED) is 0.455. The first-order chi connectivity index (χ1) is 9.66. The van der Waals surface area contributed by atoms with Gasteiger partial charge in [0.05, 0.1) is 39.5 Å². The second-order valence-electron chi connectivity index (χ2n) is 4.18. The van der Waals surface area contributed by atoms with Crippen molar-refractivity contribution in [1.82, 2.24) is 0 Å². The van der Waals surface area contributed by atoms with Crippen LogP contribution < -0.4 is 0 Å². The molecule has 7 heteroatoms. The minimum atomic E-state index is -1.12. The molecule has 1 atom stereocenters. The summed E-state index contributed by atoms with van der Waals surface area (Å²) in [6, 6.07) is 0. The van der Waals surface area contributed by atoms with Crippen LogP contribution in [0.5, 0.6) is 0 Å². The fourth-order valence-corrected chi connectivity index (χ4v) is 2.15. The predicted molar refractivity (Wildman–Crippen MR) is 77.5 cm³/mol. The van der Waals surface area contributed by atoms with E-state index >= 15 is 0 Å². The molecule has 20 heavy (non-hydrogen) atoms. The lowest BCUT2D eigenvalue weighted by Crippen LogP contribution is -2.14. The average molecular weight is 310 g/mol. The molecular formula is C13H26O6S. The highest BCUT2D eigenvalue weighted by atomic mass is 32.2. The van der Waals surface area contributed by atoms with Crippen molar-refractivity contribution in [2.24, 2.45) is 0 Å². The lowest BCUT2D eigenvalue weighted by Gasteiger charge is -2.06. The summed E-state index contributed by atoms with van der Waals surface area (Å²) in [5.74, 6) is -0.369. The lowest BCUT2D eigenvalue weighted by atomic mass is 10.4. The molecule has 0 fully saturated rings. The van der Waals surface area contributed by atoms with Crippen LogP contribution in [-0.4, -0.2) is 66.4 Å². The molecule has 0 radical (unpaired) electrons. The number of carboxylic acids is 1. The van der Waals surface area contributed by atoms with Gasteiger partial charge >= 0.3 is 5.97 Å². The van der Waals surface area contributed by atoms with Crippen molar-refractivity contribution in [1.29, 1.82) is 0 Å². The van der Waals surface area contributed by atoms with Gasteiger partial charge in [-0.2, -0.15) is 0 Å². The zero-order valence-corrected chi connectivity index (χ0v) is 13.0. The number of ether oxygens (including phenoxy) is 3. The van der Waals surface area contributed by atoms with Gasteiger partial charge in [-0.25, -0.2) is 0 Å². The number of aliphatic carboxylic acids is 1. The first kappa shape index (κ1) is 19.5. The molecule has 120 valence electrons. The standard InChI is InChI=1S/C13H26O6S/c1-2-3-5-17-6-7-18-8-9-19-10-12-20(16)11-4-13(14)15/h2-12H2,1H3,(H,14,15). The van der Waals surface area contributed by atoms with Crippen molar-refractivity contribution in [3.05, 3.63) is 0 Å². The SMILES string of the molecule is CCCCOCCOCCOCCS(=O)CCC(=O)O. The Morgan fingerprint density at radius 2 is 1.50 bits per heavy atom. The number of rotatable bonds is 15. The molecule has 0 aromatic carbocycles. The van der Waals surface area contributed by atoms with Crippen molar-refractivity contribution >= 4 is 16.8 Å². The van der Waals surface area contributed by atoms with Gasteiger partial charge in [0.2, 0.25) is 0 Å². The van der Waals surface area contributed by atoms with Gasteiger partial charge in [-0.1, -0.05) is 13.3 Å². The molecule has 0 aliphatic carbocycles. The topological polar surface area (TPSA) is 82.1 Å². The van der Waals surface area contributed by atoms with Crippen LogP contribution >= 0.6 is 0 Å². The number of hydrogen-bond donors (Lipinski definition) is 1. The Morgan fingerprint density at radius 1 is 0.950 bits per heavy atom. The van der Waals surface area contributed by atoms with Crippen LogP contribution in [0.2, 0.25) is 0 Å². The first-order valence-electron chi connectivity index (χ1n) is 6.96. The van der Waals surface area contributed by atoms with Crippen molar-refractivity contribution in [3.63, 3.8) is 0 Å². The fraction of sp³-hybridized carbons (Fsp3) is 0.923. The molecule has 0 saturated carbocycles. The van der Waals surface area contributed by atoms with Gasteiger partial charge in [-0.3, -0.25) is 9.00 Å². The summed E-state index contributed by atoms with van der Waals surface area (Å²) in [6.07, 6.45) is 2.14. The van der Waals surface area contributed by atoms with Crippen LogP contribution in [0.4, 0.5) is 0 Å². The molecule has 1 N–H and O–H groups in total. The minimum Gasteiger partial charge on any atom is -0.481 e. The van der Waals surface area contributed by atoms with E-state index in [2.05, 4.69) is 6.92 Å². The molecule has 0 bridgehead atoms. The molecule has 0 heterocycles. The molecule has 0 saturated heterocycles. The Hall–Kier alpha value is -0.500. The Morgan fingerprint density at radius 3 is 2.05 bits per heavy atom. The molecule has 6 nitrogen and oxygen atoms in total. The predicted octanol–water partition coefficient (Wildman–Crippen LogP) is 1.06. The highest BCUT2D eigenvalue weighted by Crippen LogP contribution is 1.90. The van der Waals surface area contributed by atoms with E-state index in [0.717, 1.165) is 19.4 Å². The van der Waals surface area contributed by atoms with Crippen molar-refractivity contribution < 1.29 is 28.3 Å². The minimum absolute atomic E-state index is 0.0618. The number of carboxylic acid groups (broad SMARTS) is 1. The van der Waals surface area contributed by atoms with E-state index < -0.39 is 16.8 Å². The highest BCUT2D eigenvalue weighted by Gasteiger charge is 2.03. The van der Waals surface area contributed by atoms with Gasteiger partial charge in [0.15, 0.2) is 0 Å². The van der Waals surface area contributed by atoms with E-state index in [1.807, 2.05) is 0 Å². The summed E-state index contributed by atoms with van der Waals surface area (Å²) in [5.41, 5.74) is 0. The molecule has 0 aliphatic rings. The van der Waals surface area contributed by atoms with Gasteiger partial charge in [-0.05, 0) is 6.42 Å². The monoisotopic (exact) mass is 310 g/mol. The lowest BCUT2D eigenvalue weighted by molar-refractivity contribution is -0.136. The van der Waals surface area contributed by atoms with Crippen LogP contribution in [0.15, 0.2) is 0 Å². The third-order valence-electron chi connectivity index (χ3n) is 2.39. The fourth-order valence-electron chi connectivity index (χ4n) is 1.24. The molecule has 0 aromatic heterocycles. The Bertz CT molecular complexity index is 259. The van der Waals surface area contributed by atoms with Crippen molar-refractivity contribution in [2.45, 2.75) is 26.2 Å². The third kappa shape index (κ3) is 15.6. The normalized spacial score (nSPS) is 12.4. The number of hydrogen-bond acceptors (Lipinski definition) is 5. The first-order valence-corrected chi connectivity index (χ1v) is 8.45. The van der Waals surface area contributed by atoms with Gasteiger partial charge < -0.3 is 19.3 Å². The number of carbonyl (C=O) groups is 1. The van der Waals surface area contributed by atoms with Crippen LogP contribution in [0.1, 0.15) is 26.2 Å². The Kier molecular flexibility index (Phi) is 14.5. The van der Waals surface area contributed by atoms with Crippen molar-refractivity contribution in [2.75, 3.05) is 51.1 Å². The largest absolute Gasteiger partial charge is 0.481 e. The summed E-state index contributed by atoms with van der Waals surface area (Å²) in [5, 5.41) is 8.43. The third-order valence-corrected chi connectivity index (χ3v) is 3.67. The second kappa shape index (κ2) is 14.9. The second-order valence-corrected chi connectivity index (χ2v) is 5.88. The maximum Gasteiger partial charge on any atom is 0.304 e. The van der Waals surface area contributed by atoms with Crippen LogP contribution in [-0.2, 0) is 29.8 Å². The molecule has 0 amide bonds. The van der Waals surface area contributed by atoms with Crippen LogP contribution in [0.25, 0.3) is 0 Å². The van der Waals surface area contributed by atoms with E-state index in [9.17, 15) is 9.00 Å². The summed E-state index contributed by atoms with van der Waals surface area (Å²) in [7, 11) is -1.12. The van der Waals surface area contributed by atoms with Crippen molar-refractivity contribution in [3.8, 4) is 0 Å². The average Bonchev–Trinajstić information content (AvgIpc) is 2.42. The number of unbranched alkanes of at least 4 members (excludes halogenated alkanes) is 1. The van der Waals surface area contributed by atoms with E-state index in [1.165, 1.54) is 0 Å². The zero-order valence-electron chi connectivity index (χ0n) is 12.2. The smallest absolute Gasteiger partial charge is 0.304 e. The van der Waals surface area contributed by atoms with Gasteiger partial charge in [0, 0.05) is 28.9 Å². The highest BCUT2D eigenvalue weighted by molar-refractivity contribution is 7.85. The molecular weight excluding hydrogens is 284 g/mol. The van der Waals surface area contributed by atoms with E-state index in [1.54, 1.807) is 0 Å². The molecule has 0 spiro atoms. The van der Waals surface area contributed by atoms with E-state index in [0.29, 0.717) is 38.8 Å². The molecule has 1 unspecified atom stereocenters. The molecule has 0 aliphatic heterocycles. The summed E-state index contributed by atoms with van der Waals surface area (Å²) < 4.78 is 27.2. The van der Waals surface area contributed by atoms with E-state index in [-0.39, 0.29) is 12.2 Å². The maximum absolute atomic E-state index is 11.3.